The number of carbonyl (C=O) groups is 2. The lowest BCUT2D eigenvalue weighted by Gasteiger charge is -2.17. The molecule has 4 nitrogen and oxygen atoms in total. The Morgan fingerprint density at radius 3 is 2.12 bits per heavy atom. The molecule has 0 radical (unpaired) electrons. The molecule has 2 aliphatic rings. The van der Waals surface area contributed by atoms with Crippen molar-refractivity contribution in [2.75, 3.05) is 0 Å². The first-order valence-electron chi connectivity index (χ1n) is 10.5. The number of rotatable bonds is 2. The summed E-state index contributed by atoms with van der Waals surface area (Å²) in [7, 11) is 0. The van der Waals surface area contributed by atoms with E-state index >= 15 is 0 Å². The van der Waals surface area contributed by atoms with E-state index < -0.39 is 11.9 Å². The van der Waals surface area contributed by atoms with Gasteiger partial charge in [0, 0.05) is 11.6 Å². The maximum Gasteiger partial charge on any atom is 0.335 e. The topological polar surface area (TPSA) is 74.6 Å². The van der Waals surface area contributed by atoms with E-state index in [-0.39, 0.29) is 22.5 Å². The van der Waals surface area contributed by atoms with Crippen LogP contribution in [0.1, 0.15) is 50.2 Å². The summed E-state index contributed by atoms with van der Waals surface area (Å²) in [4.78, 5) is 21.2. The number of hydrogen-bond acceptors (Lipinski definition) is 2. The smallest absolute Gasteiger partial charge is 0.335 e. The Hall–Kier alpha value is -3.73. The number of benzene rings is 3. The molecule has 0 aromatic heterocycles. The SMILES string of the molecule is Cc1c(C(=O)O)cccc1C(=O)O.FC1=c2ccc3c(c2CCC1)CC=c1ccccc1=3. The Bertz CT molecular complexity index is 1420. The van der Waals surface area contributed by atoms with E-state index in [9.17, 15) is 14.0 Å². The third kappa shape index (κ3) is 3.94. The molecular formula is C27H23FO4. The van der Waals surface area contributed by atoms with Crippen LogP contribution in [-0.2, 0) is 12.8 Å². The summed E-state index contributed by atoms with van der Waals surface area (Å²) in [6, 6.07) is 16.7. The van der Waals surface area contributed by atoms with Crippen LogP contribution < -0.4 is 10.4 Å². The Kier molecular flexibility index (Phi) is 5.91. The molecule has 0 saturated heterocycles. The third-order valence-electron chi connectivity index (χ3n) is 6.12. The highest BCUT2D eigenvalue weighted by molar-refractivity contribution is 5.96. The molecular weight excluding hydrogens is 407 g/mol. The highest BCUT2D eigenvalue weighted by Gasteiger charge is 2.15. The fourth-order valence-corrected chi connectivity index (χ4v) is 4.50. The zero-order valence-electron chi connectivity index (χ0n) is 17.7. The third-order valence-corrected chi connectivity index (χ3v) is 6.12. The summed E-state index contributed by atoms with van der Waals surface area (Å²) in [6.07, 6.45) is 5.76. The van der Waals surface area contributed by atoms with E-state index in [1.807, 2.05) is 6.07 Å². The fraction of sp³-hybridized carbons (Fsp3) is 0.185. The van der Waals surface area contributed by atoms with Crippen molar-refractivity contribution in [2.45, 2.75) is 32.6 Å². The first kappa shape index (κ1) is 21.5. The van der Waals surface area contributed by atoms with Crippen LogP contribution in [0, 0.1) is 17.4 Å². The van der Waals surface area contributed by atoms with Crippen molar-refractivity contribution in [3.8, 4) is 0 Å². The zero-order chi connectivity index (χ0) is 22.8. The maximum atomic E-state index is 13.9. The van der Waals surface area contributed by atoms with E-state index in [0.29, 0.717) is 6.42 Å². The standard InChI is InChI=1S/C18H15F.C9H8O4/c19-18-7-3-6-14-16-9-8-12-4-1-2-5-13(12)15(16)10-11-17(14)18;1-5-6(8(10)11)3-2-4-7(5)9(12)13/h1-2,4-5,8,10-11H,3,6-7,9H2;2-4H,1H3,(H,10,11)(H,12,13). The van der Waals surface area contributed by atoms with E-state index in [4.69, 9.17) is 10.2 Å². The van der Waals surface area contributed by atoms with E-state index in [2.05, 4.69) is 36.4 Å². The molecule has 0 aliphatic heterocycles. The highest BCUT2D eigenvalue weighted by atomic mass is 19.1. The lowest BCUT2D eigenvalue weighted by Crippen LogP contribution is -2.21. The van der Waals surface area contributed by atoms with Crippen LogP contribution in [0.3, 0.4) is 0 Å². The van der Waals surface area contributed by atoms with Crippen LogP contribution in [-0.4, -0.2) is 22.2 Å². The van der Waals surface area contributed by atoms with Crippen molar-refractivity contribution in [1.29, 1.82) is 0 Å². The number of fused-ring (bicyclic) bond motifs is 4. The Labute approximate surface area is 184 Å². The van der Waals surface area contributed by atoms with Crippen molar-refractivity contribution < 1.29 is 24.2 Å². The van der Waals surface area contributed by atoms with Crippen LogP contribution in [0.5, 0.6) is 0 Å². The molecule has 3 aromatic carbocycles. The summed E-state index contributed by atoms with van der Waals surface area (Å²) in [5.41, 5.74) is 2.92. The molecule has 0 unspecified atom stereocenters. The molecule has 0 atom stereocenters. The number of hydrogen-bond donors (Lipinski definition) is 2. The Morgan fingerprint density at radius 2 is 1.44 bits per heavy atom. The minimum absolute atomic E-state index is 0.0277. The summed E-state index contributed by atoms with van der Waals surface area (Å²) in [5.74, 6) is -2.15. The van der Waals surface area contributed by atoms with Gasteiger partial charge in [0.2, 0.25) is 0 Å². The van der Waals surface area contributed by atoms with Crippen LogP contribution in [0.25, 0.3) is 11.9 Å². The molecule has 3 aromatic rings. The van der Waals surface area contributed by atoms with Crippen LogP contribution >= 0.6 is 0 Å². The number of aromatic carboxylic acids is 2. The Balaban J connectivity index is 0.000000166. The molecule has 162 valence electrons. The molecule has 2 aliphatic carbocycles. The normalized spacial score (nSPS) is 13.5. The van der Waals surface area contributed by atoms with E-state index in [1.165, 1.54) is 51.9 Å². The zero-order valence-corrected chi connectivity index (χ0v) is 17.7. The first-order chi connectivity index (χ1) is 15.4. The van der Waals surface area contributed by atoms with Crippen molar-refractivity contribution >= 4 is 23.8 Å². The molecule has 0 saturated carbocycles. The minimum atomic E-state index is -1.11. The van der Waals surface area contributed by atoms with Gasteiger partial charge in [-0.1, -0.05) is 48.5 Å². The molecule has 5 heteroatoms. The van der Waals surface area contributed by atoms with Crippen molar-refractivity contribution in [2.24, 2.45) is 0 Å². The van der Waals surface area contributed by atoms with Gasteiger partial charge in [-0.3, -0.25) is 0 Å². The predicted octanol–water partition coefficient (Wildman–Crippen LogP) is 4.12. The lowest BCUT2D eigenvalue weighted by molar-refractivity contribution is 0.0696. The molecule has 0 fully saturated rings. The van der Waals surface area contributed by atoms with Gasteiger partial charge < -0.3 is 10.2 Å². The van der Waals surface area contributed by atoms with E-state index in [0.717, 1.165) is 24.5 Å². The second kappa shape index (κ2) is 8.79. The lowest BCUT2D eigenvalue weighted by atomic mass is 9.88. The van der Waals surface area contributed by atoms with Gasteiger partial charge in [-0.15, -0.1) is 0 Å². The van der Waals surface area contributed by atoms with Crippen molar-refractivity contribution in [1.82, 2.24) is 0 Å². The Morgan fingerprint density at radius 1 is 0.781 bits per heavy atom. The average Bonchev–Trinajstić information content (AvgIpc) is 2.79. The fourth-order valence-electron chi connectivity index (χ4n) is 4.50. The van der Waals surface area contributed by atoms with Gasteiger partial charge in [-0.25, -0.2) is 14.0 Å². The van der Waals surface area contributed by atoms with Gasteiger partial charge in [0.25, 0.3) is 0 Å². The second-order valence-corrected chi connectivity index (χ2v) is 7.96. The predicted molar refractivity (Wildman–Crippen MR) is 121 cm³/mol. The molecule has 32 heavy (non-hydrogen) atoms. The number of carboxylic acid groups (broad SMARTS) is 2. The molecule has 5 rings (SSSR count). The summed E-state index contributed by atoms with van der Waals surface area (Å²) >= 11 is 0. The van der Waals surface area contributed by atoms with Crippen molar-refractivity contribution in [3.05, 3.63) is 103 Å². The highest BCUT2D eigenvalue weighted by Crippen LogP contribution is 2.21. The summed E-state index contributed by atoms with van der Waals surface area (Å²) in [6.45, 7) is 1.48. The molecule has 0 bridgehead atoms. The second-order valence-electron chi connectivity index (χ2n) is 7.96. The summed E-state index contributed by atoms with van der Waals surface area (Å²) < 4.78 is 13.9. The molecule has 0 amide bonds. The van der Waals surface area contributed by atoms with Gasteiger partial charge in [0.15, 0.2) is 0 Å². The van der Waals surface area contributed by atoms with Crippen LogP contribution in [0.4, 0.5) is 4.39 Å². The first-order valence-corrected chi connectivity index (χ1v) is 10.5. The molecule has 0 heterocycles. The van der Waals surface area contributed by atoms with E-state index in [1.54, 1.807) is 0 Å². The monoisotopic (exact) mass is 430 g/mol. The van der Waals surface area contributed by atoms with Gasteiger partial charge in [-0.2, -0.15) is 0 Å². The van der Waals surface area contributed by atoms with Gasteiger partial charge in [0.05, 0.1) is 11.1 Å². The van der Waals surface area contributed by atoms with Crippen LogP contribution in [0.15, 0.2) is 54.6 Å². The maximum absolute atomic E-state index is 13.9. The number of halogens is 1. The number of carboxylic acids is 2. The quantitative estimate of drug-likeness (QED) is 0.642. The molecule has 2 N–H and O–H groups in total. The summed E-state index contributed by atoms with van der Waals surface area (Å²) in [5, 5.41) is 22.1. The van der Waals surface area contributed by atoms with Crippen LogP contribution in [0.2, 0.25) is 0 Å². The van der Waals surface area contributed by atoms with Gasteiger partial charge in [-0.05, 0) is 70.7 Å². The van der Waals surface area contributed by atoms with Gasteiger partial charge in [0.1, 0.15) is 5.83 Å². The molecule has 0 spiro atoms. The largest absolute Gasteiger partial charge is 0.478 e. The van der Waals surface area contributed by atoms with Gasteiger partial charge >= 0.3 is 11.9 Å². The minimum Gasteiger partial charge on any atom is -0.478 e. The average molecular weight is 430 g/mol. The van der Waals surface area contributed by atoms with Crippen molar-refractivity contribution in [3.63, 3.8) is 0 Å².